The minimum Gasteiger partial charge on any atom is -0.398 e. The molecule has 0 spiro atoms. The fourth-order valence-corrected chi connectivity index (χ4v) is 1.85. The Labute approximate surface area is 99.2 Å². The Balaban J connectivity index is 2.17. The standard InChI is InChI=1S/C12H15FN2O2/c13-9-2-3-10(11(14)8-9)12(16)15-4-1-6-17-7-5-15/h2-3,8H,1,4-7,14H2. The fraction of sp³-hybridized carbons (Fsp3) is 0.417. The molecule has 2 N–H and O–H groups in total. The van der Waals surface area contributed by atoms with E-state index in [1.807, 2.05) is 0 Å². The SMILES string of the molecule is Nc1cc(F)ccc1C(=O)N1CCCOCC1. The number of ether oxygens (including phenoxy) is 1. The first-order chi connectivity index (χ1) is 8.18. The summed E-state index contributed by atoms with van der Waals surface area (Å²) in [5.41, 5.74) is 6.18. The first kappa shape index (κ1) is 11.9. The van der Waals surface area contributed by atoms with Gasteiger partial charge in [0.25, 0.3) is 5.91 Å². The van der Waals surface area contributed by atoms with Gasteiger partial charge < -0.3 is 15.4 Å². The van der Waals surface area contributed by atoms with Gasteiger partial charge in [0.15, 0.2) is 0 Å². The Bertz CT molecular complexity index is 415. The van der Waals surface area contributed by atoms with Gasteiger partial charge in [-0.2, -0.15) is 0 Å². The summed E-state index contributed by atoms with van der Waals surface area (Å²) in [6, 6.07) is 3.85. The monoisotopic (exact) mass is 238 g/mol. The Kier molecular flexibility index (Phi) is 3.58. The molecule has 0 radical (unpaired) electrons. The highest BCUT2D eigenvalue weighted by Crippen LogP contribution is 2.16. The normalized spacial score (nSPS) is 16.6. The molecule has 1 fully saturated rings. The molecule has 0 atom stereocenters. The van der Waals surface area contributed by atoms with E-state index in [2.05, 4.69) is 0 Å². The van der Waals surface area contributed by atoms with E-state index in [0.29, 0.717) is 31.9 Å². The van der Waals surface area contributed by atoms with Crippen LogP contribution in [0.3, 0.4) is 0 Å². The molecular formula is C12H15FN2O2. The highest BCUT2D eigenvalue weighted by molar-refractivity contribution is 5.99. The molecule has 0 aliphatic carbocycles. The lowest BCUT2D eigenvalue weighted by molar-refractivity contribution is 0.0742. The van der Waals surface area contributed by atoms with Crippen LogP contribution in [0, 0.1) is 5.82 Å². The second-order valence-electron chi connectivity index (χ2n) is 3.99. The molecule has 1 amide bonds. The lowest BCUT2D eigenvalue weighted by atomic mass is 10.1. The van der Waals surface area contributed by atoms with Gasteiger partial charge in [0.2, 0.25) is 0 Å². The first-order valence-electron chi connectivity index (χ1n) is 5.60. The zero-order chi connectivity index (χ0) is 12.3. The van der Waals surface area contributed by atoms with Gasteiger partial charge in [0.05, 0.1) is 12.2 Å². The van der Waals surface area contributed by atoms with Crippen LogP contribution < -0.4 is 5.73 Å². The maximum Gasteiger partial charge on any atom is 0.256 e. The van der Waals surface area contributed by atoms with Crippen molar-refractivity contribution in [2.45, 2.75) is 6.42 Å². The molecule has 1 heterocycles. The van der Waals surface area contributed by atoms with Crippen molar-refractivity contribution < 1.29 is 13.9 Å². The number of amides is 1. The van der Waals surface area contributed by atoms with Crippen LogP contribution in [0.2, 0.25) is 0 Å². The Morgan fingerprint density at radius 3 is 2.94 bits per heavy atom. The second kappa shape index (κ2) is 5.14. The van der Waals surface area contributed by atoms with Crippen molar-refractivity contribution in [2.75, 3.05) is 32.0 Å². The minimum absolute atomic E-state index is 0.159. The summed E-state index contributed by atoms with van der Waals surface area (Å²) < 4.78 is 18.2. The molecule has 1 aromatic carbocycles. The van der Waals surface area contributed by atoms with Gasteiger partial charge in [-0.05, 0) is 24.6 Å². The van der Waals surface area contributed by atoms with Crippen LogP contribution in [0.15, 0.2) is 18.2 Å². The van der Waals surface area contributed by atoms with Gasteiger partial charge in [-0.1, -0.05) is 0 Å². The Morgan fingerprint density at radius 2 is 2.18 bits per heavy atom. The smallest absolute Gasteiger partial charge is 0.256 e. The predicted octanol–water partition coefficient (Wildman–Crippen LogP) is 1.27. The zero-order valence-electron chi connectivity index (χ0n) is 9.49. The molecule has 1 saturated heterocycles. The van der Waals surface area contributed by atoms with Crippen LogP contribution in [0.4, 0.5) is 10.1 Å². The van der Waals surface area contributed by atoms with E-state index in [1.54, 1.807) is 4.90 Å². The molecule has 0 saturated carbocycles. The van der Waals surface area contributed by atoms with Crippen molar-refractivity contribution in [2.24, 2.45) is 0 Å². The highest BCUT2D eigenvalue weighted by Gasteiger charge is 2.19. The Hall–Kier alpha value is -1.62. The van der Waals surface area contributed by atoms with Crippen LogP contribution in [-0.2, 0) is 4.74 Å². The minimum atomic E-state index is -0.432. The van der Waals surface area contributed by atoms with Crippen LogP contribution in [0.1, 0.15) is 16.8 Å². The Morgan fingerprint density at radius 1 is 1.35 bits per heavy atom. The number of benzene rings is 1. The van der Waals surface area contributed by atoms with Crippen molar-refractivity contribution in [3.05, 3.63) is 29.6 Å². The molecule has 1 aromatic rings. The highest BCUT2D eigenvalue weighted by atomic mass is 19.1. The fourth-order valence-electron chi connectivity index (χ4n) is 1.85. The average Bonchev–Trinajstić information content (AvgIpc) is 2.56. The molecule has 17 heavy (non-hydrogen) atoms. The molecule has 92 valence electrons. The number of anilines is 1. The van der Waals surface area contributed by atoms with Crippen molar-refractivity contribution in [1.29, 1.82) is 0 Å². The van der Waals surface area contributed by atoms with E-state index in [9.17, 15) is 9.18 Å². The maximum atomic E-state index is 12.9. The third-order valence-corrected chi connectivity index (χ3v) is 2.75. The van der Waals surface area contributed by atoms with Gasteiger partial charge in [0.1, 0.15) is 5.82 Å². The molecule has 5 heteroatoms. The summed E-state index contributed by atoms with van der Waals surface area (Å²) >= 11 is 0. The lowest BCUT2D eigenvalue weighted by Gasteiger charge is -2.20. The number of nitrogens with two attached hydrogens (primary N) is 1. The molecule has 0 bridgehead atoms. The molecule has 1 aliphatic heterocycles. The molecule has 0 aromatic heterocycles. The van der Waals surface area contributed by atoms with Gasteiger partial charge in [0, 0.05) is 25.4 Å². The first-order valence-corrected chi connectivity index (χ1v) is 5.60. The van der Waals surface area contributed by atoms with E-state index in [1.165, 1.54) is 18.2 Å². The summed E-state index contributed by atoms with van der Waals surface area (Å²) in [6.45, 7) is 2.40. The largest absolute Gasteiger partial charge is 0.398 e. The van der Waals surface area contributed by atoms with Crippen molar-refractivity contribution in [1.82, 2.24) is 4.90 Å². The van der Waals surface area contributed by atoms with Gasteiger partial charge in [-0.25, -0.2) is 4.39 Å². The topological polar surface area (TPSA) is 55.6 Å². The van der Waals surface area contributed by atoms with E-state index >= 15 is 0 Å². The quantitative estimate of drug-likeness (QED) is 0.750. The summed E-state index contributed by atoms with van der Waals surface area (Å²) in [5, 5.41) is 0. The van der Waals surface area contributed by atoms with E-state index < -0.39 is 5.82 Å². The van der Waals surface area contributed by atoms with E-state index in [-0.39, 0.29) is 11.6 Å². The molecule has 0 unspecified atom stereocenters. The van der Waals surface area contributed by atoms with E-state index in [0.717, 1.165) is 6.42 Å². The van der Waals surface area contributed by atoms with Gasteiger partial charge in [-0.15, -0.1) is 0 Å². The molecular weight excluding hydrogens is 223 g/mol. The summed E-state index contributed by atoms with van der Waals surface area (Å²) in [7, 11) is 0. The number of hydrogen-bond acceptors (Lipinski definition) is 3. The zero-order valence-corrected chi connectivity index (χ0v) is 9.49. The number of nitrogen functional groups attached to an aromatic ring is 1. The van der Waals surface area contributed by atoms with Crippen LogP contribution in [-0.4, -0.2) is 37.1 Å². The lowest BCUT2D eigenvalue weighted by Crippen LogP contribution is -2.33. The second-order valence-corrected chi connectivity index (χ2v) is 3.99. The average molecular weight is 238 g/mol. The number of nitrogens with zero attached hydrogens (tertiary/aromatic N) is 1. The maximum absolute atomic E-state index is 12.9. The number of carbonyl (C=O) groups excluding carboxylic acids is 1. The molecule has 2 rings (SSSR count). The van der Waals surface area contributed by atoms with Gasteiger partial charge in [-0.3, -0.25) is 4.79 Å². The van der Waals surface area contributed by atoms with Crippen molar-refractivity contribution in [3.8, 4) is 0 Å². The molecule has 1 aliphatic rings. The van der Waals surface area contributed by atoms with Crippen LogP contribution >= 0.6 is 0 Å². The van der Waals surface area contributed by atoms with Crippen LogP contribution in [0.5, 0.6) is 0 Å². The van der Waals surface area contributed by atoms with Crippen molar-refractivity contribution in [3.63, 3.8) is 0 Å². The molecule has 4 nitrogen and oxygen atoms in total. The van der Waals surface area contributed by atoms with E-state index in [4.69, 9.17) is 10.5 Å². The van der Waals surface area contributed by atoms with Crippen LogP contribution in [0.25, 0.3) is 0 Å². The summed E-state index contributed by atoms with van der Waals surface area (Å²) in [5.74, 6) is -0.591. The summed E-state index contributed by atoms with van der Waals surface area (Å²) in [4.78, 5) is 13.8. The number of hydrogen-bond donors (Lipinski definition) is 1. The van der Waals surface area contributed by atoms with Crippen molar-refractivity contribution >= 4 is 11.6 Å². The number of halogens is 1. The predicted molar refractivity (Wildman–Crippen MR) is 62.2 cm³/mol. The van der Waals surface area contributed by atoms with Gasteiger partial charge >= 0.3 is 0 Å². The third kappa shape index (κ3) is 2.74. The number of carbonyl (C=O) groups is 1. The number of rotatable bonds is 1. The third-order valence-electron chi connectivity index (χ3n) is 2.75. The summed E-state index contributed by atoms with van der Waals surface area (Å²) in [6.07, 6.45) is 0.812.